The minimum absolute atomic E-state index is 0.0375. The Balaban J connectivity index is 2.80. The van der Waals surface area contributed by atoms with Gasteiger partial charge in [0.2, 0.25) is 5.91 Å². The highest BCUT2D eigenvalue weighted by atomic mass is 16.5. The van der Waals surface area contributed by atoms with Crippen molar-refractivity contribution in [3.63, 3.8) is 0 Å². The van der Waals surface area contributed by atoms with Crippen LogP contribution in [0.15, 0.2) is 0 Å². The van der Waals surface area contributed by atoms with E-state index in [1.807, 2.05) is 32.6 Å². The summed E-state index contributed by atoms with van der Waals surface area (Å²) in [4.78, 5) is 14.2. The number of morpholine rings is 1. The van der Waals surface area contributed by atoms with E-state index >= 15 is 0 Å². The molecule has 4 heteroatoms. The molecule has 0 aromatic rings. The van der Waals surface area contributed by atoms with Gasteiger partial charge < -0.3 is 9.64 Å². The van der Waals surface area contributed by atoms with Gasteiger partial charge in [-0.2, -0.15) is 5.26 Å². The van der Waals surface area contributed by atoms with Gasteiger partial charge in [0.1, 0.15) is 5.92 Å². The Hall–Kier alpha value is -1.08. The first-order valence-electron chi connectivity index (χ1n) is 6.32. The lowest BCUT2D eigenvalue weighted by atomic mass is 9.94. The maximum absolute atomic E-state index is 12.3. The fourth-order valence-corrected chi connectivity index (χ4v) is 2.12. The minimum atomic E-state index is -0.533. The van der Waals surface area contributed by atoms with Crippen molar-refractivity contribution in [1.29, 1.82) is 5.26 Å². The van der Waals surface area contributed by atoms with Crippen LogP contribution in [0.25, 0.3) is 0 Å². The lowest BCUT2D eigenvalue weighted by Gasteiger charge is -2.39. The fourth-order valence-electron chi connectivity index (χ4n) is 2.12. The lowest BCUT2D eigenvalue weighted by molar-refractivity contribution is -0.148. The Kier molecular flexibility index (Phi) is 4.95. The Morgan fingerprint density at radius 1 is 1.59 bits per heavy atom. The Morgan fingerprint density at radius 3 is 2.71 bits per heavy atom. The molecule has 0 spiro atoms. The number of carbonyl (C=O) groups excluding carboxylic acids is 1. The van der Waals surface area contributed by atoms with Gasteiger partial charge in [0, 0.05) is 6.54 Å². The smallest absolute Gasteiger partial charge is 0.240 e. The predicted molar refractivity (Wildman–Crippen MR) is 65.1 cm³/mol. The SMILES string of the molecule is CCC1COC(C)CN1C(=O)C(C#N)C(C)C. The molecule has 0 aromatic carbocycles. The summed E-state index contributed by atoms with van der Waals surface area (Å²) in [6.45, 7) is 9.01. The maximum Gasteiger partial charge on any atom is 0.240 e. The zero-order valence-electron chi connectivity index (χ0n) is 11.1. The summed E-state index contributed by atoms with van der Waals surface area (Å²) < 4.78 is 5.56. The van der Waals surface area contributed by atoms with Crippen molar-refractivity contribution in [2.45, 2.75) is 46.3 Å². The summed E-state index contributed by atoms with van der Waals surface area (Å²) in [6.07, 6.45) is 0.933. The number of hydrogen-bond acceptors (Lipinski definition) is 3. The summed E-state index contributed by atoms with van der Waals surface area (Å²) in [5.74, 6) is -0.512. The number of nitrogens with zero attached hydrogens (tertiary/aromatic N) is 2. The average molecular weight is 238 g/mol. The van der Waals surface area contributed by atoms with Gasteiger partial charge in [-0.15, -0.1) is 0 Å². The molecule has 0 saturated carbocycles. The summed E-state index contributed by atoms with van der Waals surface area (Å²) in [7, 11) is 0. The quantitative estimate of drug-likeness (QED) is 0.753. The van der Waals surface area contributed by atoms with Crippen LogP contribution < -0.4 is 0 Å². The van der Waals surface area contributed by atoms with E-state index in [-0.39, 0.29) is 24.0 Å². The van der Waals surface area contributed by atoms with E-state index in [2.05, 4.69) is 6.07 Å². The summed E-state index contributed by atoms with van der Waals surface area (Å²) in [6, 6.07) is 2.24. The molecule has 96 valence electrons. The monoisotopic (exact) mass is 238 g/mol. The molecule has 1 amide bonds. The van der Waals surface area contributed by atoms with Crippen LogP contribution in [0.2, 0.25) is 0 Å². The van der Waals surface area contributed by atoms with Crippen molar-refractivity contribution >= 4 is 5.91 Å². The van der Waals surface area contributed by atoms with Crippen LogP contribution in [0.3, 0.4) is 0 Å². The molecule has 17 heavy (non-hydrogen) atoms. The largest absolute Gasteiger partial charge is 0.375 e. The highest BCUT2D eigenvalue weighted by molar-refractivity contribution is 5.82. The van der Waals surface area contributed by atoms with Crippen LogP contribution in [0.4, 0.5) is 0 Å². The third-order valence-corrected chi connectivity index (χ3v) is 3.29. The van der Waals surface area contributed by atoms with Gasteiger partial charge in [0.25, 0.3) is 0 Å². The third-order valence-electron chi connectivity index (χ3n) is 3.29. The zero-order chi connectivity index (χ0) is 13.0. The molecule has 3 unspecified atom stereocenters. The highest BCUT2D eigenvalue weighted by Crippen LogP contribution is 2.20. The molecule has 0 N–H and O–H groups in total. The van der Waals surface area contributed by atoms with E-state index in [9.17, 15) is 4.79 Å². The van der Waals surface area contributed by atoms with E-state index in [4.69, 9.17) is 10.00 Å². The second-order valence-corrected chi connectivity index (χ2v) is 5.05. The van der Waals surface area contributed by atoms with Crippen LogP contribution in [0, 0.1) is 23.2 Å². The number of ether oxygens (including phenoxy) is 1. The Bertz CT molecular complexity index is 309. The van der Waals surface area contributed by atoms with Crippen LogP contribution in [-0.2, 0) is 9.53 Å². The molecule has 0 bridgehead atoms. The second kappa shape index (κ2) is 6.02. The zero-order valence-corrected chi connectivity index (χ0v) is 11.1. The summed E-state index contributed by atoms with van der Waals surface area (Å²) in [5, 5.41) is 9.09. The molecule has 1 aliphatic heterocycles. The van der Waals surface area contributed by atoms with E-state index in [0.29, 0.717) is 13.2 Å². The Labute approximate surface area is 104 Å². The van der Waals surface area contributed by atoms with Gasteiger partial charge in [-0.1, -0.05) is 20.8 Å². The van der Waals surface area contributed by atoms with Gasteiger partial charge in [-0.3, -0.25) is 4.79 Å². The number of rotatable bonds is 3. The first-order valence-corrected chi connectivity index (χ1v) is 6.32. The molecular weight excluding hydrogens is 216 g/mol. The summed E-state index contributed by atoms with van der Waals surface area (Å²) >= 11 is 0. The third kappa shape index (κ3) is 3.19. The summed E-state index contributed by atoms with van der Waals surface area (Å²) in [5.41, 5.74) is 0. The predicted octanol–water partition coefficient (Wildman–Crippen LogP) is 1.81. The van der Waals surface area contributed by atoms with Gasteiger partial charge in [-0.25, -0.2) is 0 Å². The number of carbonyl (C=O) groups is 1. The van der Waals surface area contributed by atoms with E-state index < -0.39 is 5.92 Å². The molecule has 0 aromatic heterocycles. The molecule has 1 aliphatic rings. The first-order chi connectivity index (χ1) is 8.01. The number of amides is 1. The molecule has 0 radical (unpaired) electrons. The van der Waals surface area contributed by atoms with Crippen molar-refractivity contribution < 1.29 is 9.53 Å². The Morgan fingerprint density at radius 2 is 2.24 bits per heavy atom. The standard InChI is InChI=1S/C13H22N2O2/c1-5-11-8-17-10(4)7-15(11)13(16)12(6-14)9(2)3/h9-12H,5,7-8H2,1-4H3. The highest BCUT2D eigenvalue weighted by Gasteiger charge is 2.34. The molecule has 1 fully saturated rings. The van der Waals surface area contributed by atoms with E-state index in [1.165, 1.54) is 0 Å². The van der Waals surface area contributed by atoms with Gasteiger partial charge in [0.15, 0.2) is 0 Å². The van der Waals surface area contributed by atoms with Crippen LogP contribution in [0.1, 0.15) is 34.1 Å². The fraction of sp³-hybridized carbons (Fsp3) is 0.846. The molecule has 1 saturated heterocycles. The molecule has 3 atom stereocenters. The molecule has 1 heterocycles. The van der Waals surface area contributed by atoms with Gasteiger partial charge >= 0.3 is 0 Å². The van der Waals surface area contributed by atoms with Gasteiger partial charge in [0.05, 0.1) is 24.8 Å². The van der Waals surface area contributed by atoms with Crippen LogP contribution in [-0.4, -0.2) is 36.1 Å². The first kappa shape index (κ1) is 14.0. The minimum Gasteiger partial charge on any atom is -0.375 e. The van der Waals surface area contributed by atoms with Crippen molar-refractivity contribution in [3.8, 4) is 6.07 Å². The van der Waals surface area contributed by atoms with Crippen LogP contribution >= 0.6 is 0 Å². The maximum atomic E-state index is 12.3. The molecule has 0 aliphatic carbocycles. The molecular formula is C13H22N2O2. The average Bonchev–Trinajstić information content (AvgIpc) is 2.29. The van der Waals surface area contributed by atoms with Crippen molar-refractivity contribution in [2.24, 2.45) is 11.8 Å². The lowest BCUT2D eigenvalue weighted by Crippen LogP contribution is -2.53. The molecule has 4 nitrogen and oxygen atoms in total. The van der Waals surface area contributed by atoms with E-state index in [0.717, 1.165) is 6.42 Å². The molecule has 1 rings (SSSR count). The number of hydrogen-bond donors (Lipinski definition) is 0. The number of nitriles is 1. The van der Waals surface area contributed by atoms with Crippen LogP contribution in [0.5, 0.6) is 0 Å². The van der Waals surface area contributed by atoms with Crippen molar-refractivity contribution in [1.82, 2.24) is 4.90 Å². The normalized spacial score (nSPS) is 26.7. The van der Waals surface area contributed by atoms with Crippen molar-refractivity contribution in [2.75, 3.05) is 13.2 Å². The van der Waals surface area contributed by atoms with E-state index in [1.54, 1.807) is 0 Å². The topological polar surface area (TPSA) is 53.3 Å². The van der Waals surface area contributed by atoms with Gasteiger partial charge in [-0.05, 0) is 19.3 Å². The van der Waals surface area contributed by atoms with Crippen molar-refractivity contribution in [3.05, 3.63) is 0 Å². The second-order valence-electron chi connectivity index (χ2n) is 5.05.